The molecule has 0 radical (unpaired) electrons. The van der Waals surface area contributed by atoms with Crippen molar-refractivity contribution in [1.29, 1.82) is 0 Å². The third-order valence-electron chi connectivity index (χ3n) is 5.12. The van der Waals surface area contributed by atoms with E-state index >= 15 is 0 Å². The molecule has 3 heterocycles. The Labute approximate surface area is 153 Å². The summed E-state index contributed by atoms with van der Waals surface area (Å²) < 4.78 is 5.80. The molecule has 2 aromatic heterocycles. The first-order valence-corrected chi connectivity index (χ1v) is 9.29. The van der Waals surface area contributed by atoms with Crippen molar-refractivity contribution in [2.24, 2.45) is 5.92 Å². The Morgan fingerprint density at radius 2 is 2.15 bits per heavy atom. The fraction of sp³-hybridized carbons (Fsp3) is 0.450. The van der Waals surface area contributed by atoms with Gasteiger partial charge in [0.25, 0.3) is 0 Å². The lowest BCUT2D eigenvalue weighted by molar-refractivity contribution is -0.117. The monoisotopic (exact) mass is 352 g/mol. The van der Waals surface area contributed by atoms with E-state index in [4.69, 9.17) is 4.42 Å². The van der Waals surface area contributed by atoms with Gasteiger partial charge in [-0.3, -0.25) is 4.79 Å². The molecule has 2 aliphatic rings. The summed E-state index contributed by atoms with van der Waals surface area (Å²) >= 11 is 0. The Morgan fingerprint density at radius 1 is 1.35 bits per heavy atom. The van der Waals surface area contributed by atoms with Gasteiger partial charge >= 0.3 is 0 Å². The van der Waals surface area contributed by atoms with Crippen LogP contribution in [0.4, 0.5) is 5.95 Å². The number of nitrogens with zero attached hydrogens (tertiary/aromatic N) is 3. The van der Waals surface area contributed by atoms with Gasteiger partial charge in [0.05, 0.1) is 0 Å². The fourth-order valence-corrected chi connectivity index (χ4v) is 3.51. The SMILES string of the molecule is C[C@H]1C[C@H]1c1ccc(/C=C/C(=O)N[C@@H]2CCCN(c3ncccn3)C2)o1. The van der Waals surface area contributed by atoms with Crippen molar-refractivity contribution in [3.8, 4) is 0 Å². The van der Waals surface area contributed by atoms with Gasteiger partial charge in [-0.1, -0.05) is 6.92 Å². The average Bonchev–Trinajstić information content (AvgIpc) is 3.21. The molecule has 0 unspecified atom stereocenters. The maximum absolute atomic E-state index is 12.2. The molecular formula is C20H24N4O2. The van der Waals surface area contributed by atoms with E-state index in [9.17, 15) is 4.79 Å². The van der Waals surface area contributed by atoms with Gasteiger partial charge in [-0.2, -0.15) is 0 Å². The minimum atomic E-state index is -0.0939. The van der Waals surface area contributed by atoms with Crippen LogP contribution in [0.15, 0.2) is 41.1 Å². The minimum absolute atomic E-state index is 0.0939. The van der Waals surface area contributed by atoms with Gasteiger partial charge in [0, 0.05) is 43.5 Å². The Kier molecular flexibility index (Phi) is 4.73. The molecule has 0 bridgehead atoms. The normalized spacial score (nSPS) is 25.4. The van der Waals surface area contributed by atoms with Gasteiger partial charge in [-0.15, -0.1) is 0 Å². The number of hydrogen-bond acceptors (Lipinski definition) is 5. The predicted molar refractivity (Wildman–Crippen MR) is 99.7 cm³/mol. The first kappa shape index (κ1) is 16.8. The van der Waals surface area contributed by atoms with Crippen molar-refractivity contribution in [3.05, 3.63) is 48.2 Å². The van der Waals surface area contributed by atoms with E-state index in [0.717, 1.165) is 43.4 Å². The number of anilines is 1. The molecule has 2 fully saturated rings. The van der Waals surface area contributed by atoms with E-state index in [1.165, 1.54) is 6.42 Å². The van der Waals surface area contributed by atoms with Crippen LogP contribution in [0.1, 0.15) is 43.6 Å². The number of carbonyl (C=O) groups is 1. The highest BCUT2D eigenvalue weighted by molar-refractivity contribution is 5.91. The second kappa shape index (κ2) is 7.32. The van der Waals surface area contributed by atoms with E-state index in [2.05, 4.69) is 27.1 Å². The third-order valence-corrected chi connectivity index (χ3v) is 5.12. The van der Waals surface area contributed by atoms with Crippen LogP contribution in [0.5, 0.6) is 0 Å². The summed E-state index contributed by atoms with van der Waals surface area (Å²) in [6.45, 7) is 3.87. The number of aromatic nitrogens is 2. The molecule has 6 heteroatoms. The van der Waals surface area contributed by atoms with Gasteiger partial charge in [0.1, 0.15) is 11.5 Å². The van der Waals surface area contributed by atoms with Crippen molar-refractivity contribution >= 4 is 17.9 Å². The van der Waals surface area contributed by atoms with Crippen LogP contribution in [-0.4, -0.2) is 35.0 Å². The van der Waals surface area contributed by atoms with Crippen LogP contribution in [0, 0.1) is 5.92 Å². The first-order chi connectivity index (χ1) is 12.7. The van der Waals surface area contributed by atoms with Crippen molar-refractivity contribution in [2.75, 3.05) is 18.0 Å². The maximum atomic E-state index is 12.2. The highest BCUT2D eigenvalue weighted by atomic mass is 16.3. The van der Waals surface area contributed by atoms with Crippen LogP contribution in [0.25, 0.3) is 6.08 Å². The summed E-state index contributed by atoms with van der Waals surface area (Å²) in [7, 11) is 0. The van der Waals surface area contributed by atoms with E-state index in [1.54, 1.807) is 30.6 Å². The Balaban J connectivity index is 1.30. The number of piperidine rings is 1. The summed E-state index contributed by atoms with van der Waals surface area (Å²) in [4.78, 5) is 23.0. The van der Waals surface area contributed by atoms with Crippen LogP contribution in [-0.2, 0) is 4.79 Å². The van der Waals surface area contributed by atoms with E-state index < -0.39 is 0 Å². The van der Waals surface area contributed by atoms with E-state index in [1.807, 2.05) is 12.1 Å². The quantitative estimate of drug-likeness (QED) is 0.838. The van der Waals surface area contributed by atoms with Crippen molar-refractivity contribution in [1.82, 2.24) is 15.3 Å². The van der Waals surface area contributed by atoms with Gasteiger partial charge in [-0.05, 0) is 49.5 Å². The number of rotatable bonds is 5. The van der Waals surface area contributed by atoms with E-state index in [-0.39, 0.29) is 11.9 Å². The summed E-state index contributed by atoms with van der Waals surface area (Å²) in [5.74, 6) is 3.66. The molecule has 3 atom stereocenters. The molecule has 26 heavy (non-hydrogen) atoms. The third kappa shape index (κ3) is 3.95. The number of carbonyl (C=O) groups excluding carboxylic acids is 1. The summed E-state index contributed by atoms with van der Waals surface area (Å²) in [5.41, 5.74) is 0. The number of hydrogen-bond donors (Lipinski definition) is 1. The molecule has 1 saturated heterocycles. The highest BCUT2D eigenvalue weighted by Gasteiger charge is 2.36. The molecule has 6 nitrogen and oxygen atoms in total. The maximum Gasteiger partial charge on any atom is 0.244 e. The van der Waals surface area contributed by atoms with Crippen molar-refractivity contribution in [2.45, 2.75) is 38.1 Å². The Morgan fingerprint density at radius 3 is 2.92 bits per heavy atom. The molecule has 0 spiro atoms. The molecule has 1 aliphatic carbocycles. The molecule has 1 amide bonds. The largest absolute Gasteiger partial charge is 0.461 e. The number of furan rings is 1. The van der Waals surface area contributed by atoms with Crippen LogP contribution in [0.3, 0.4) is 0 Å². The highest BCUT2D eigenvalue weighted by Crippen LogP contribution is 2.47. The zero-order valence-corrected chi connectivity index (χ0v) is 15.0. The van der Waals surface area contributed by atoms with Gasteiger partial charge in [-0.25, -0.2) is 9.97 Å². The minimum Gasteiger partial charge on any atom is -0.461 e. The zero-order chi connectivity index (χ0) is 17.9. The molecule has 1 aliphatic heterocycles. The van der Waals surface area contributed by atoms with Crippen LogP contribution in [0.2, 0.25) is 0 Å². The van der Waals surface area contributed by atoms with Gasteiger partial charge in [0.15, 0.2) is 0 Å². The molecular weight excluding hydrogens is 328 g/mol. The molecule has 1 N–H and O–H groups in total. The Bertz CT molecular complexity index is 786. The standard InChI is InChI=1S/C20H24N4O2/c1-14-12-17(14)18-7-5-16(26-18)6-8-19(25)23-15-4-2-11-24(13-15)20-21-9-3-10-22-20/h3,5-10,14-15,17H,2,4,11-13H2,1H3,(H,23,25)/b8-6+/t14-,15+,17+/m0/s1. The van der Waals surface area contributed by atoms with Crippen molar-refractivity contribution in [3.63, 3.8) is 0 Å². The van der Waals surface area contributed by atoms with Gasteiger partial charge in [0.2, 0.25) is 11.9 Å². The summed E-state index contributed by atoms with van der Waals surface area (Å²) in [5, 5.41) is 3.07. The van der Waals surface area contributed by atoms with Crippen LogP contribution < -0.4 is 10.2 Å². The smallest absolute Gasteiger partial charge is 0.244 e. The molecule has 1 saturated carbocycles. The number of nitrogens with one attached hydrogen (secondary N) is 1. The molecule has 2 aromatic rings. The van der Waals surface area contributed by atoms with E-state index in [0.29, 0.717) is 11.8 Å². The van der Waals surface area contributed by atoms with Crippen LogP contribution >= 0.6 is 0 Å². The molecule has 0 aromatic carbocycles. The first-order valence-electron chi connectivity index (χ1n) is 9.29. The van der Waals surface area contributed by atoms with Gasteiger partial charge < -0.3 is 14.6 Å². The second-order valence-electron chi connectivity index (χ2n) is 7.24. The molecule has 4 rings (SSSR count). The Hall–Kier alpha value is -2.63. The summed E-state index contributed by atoms with van der Waals surface area (Å²) in [6, 6.07) is 5.86. The predicted octanol–water partition coefficient (Wildman–Crippen LogP) is 2.99. The topological polar surface area (TPSA) is 71.3 Å². The lowest BCUT2D eigenvalue weighted by Crippen LogP contribution is -2.47. The fourth-order valence-electron chi connectivity index (χ4n) is 3.51. The average molecular weight is 352 g/mol. The summed E-state index contributed by atoms with van der Waals surface area (Å²) in [6.07, 6.45) is 9.95. The lowest BCUT2D eigenvalue weighted by atomic mass is 10.1. The van der Waals surface area contributed by atoms with Crippen molar-refractivity contribution < 1.29 is 9.21 Å². The number of amides is 1. The zero-order valence-electron chi connectivity index (χ0n) is 15.0. The lowest BCUT2D eigenvalue weighted by Gasteiger charge is -2.32. The second-order valence-corrected chi connectivity index (χ2v) is 7.24. The molecule has 136 valence electrons.